The summed E-state index contributed by atoms with van der Waals surface area (Å²) in [5.74, 6) is 0.897. The Morgan fingerprint density at radius 2 is 1.84 bits per heavy atom. The van der Waals surface area contributed by atoms with Crippen molar-refractivity contribution in [3.63, 3.8) is 0 Å². The maximum Gasteiger partial charge on any atom is 0.141 e. The van der Waals surface area contributed by atoms with E-state index >= 15 is 0 Å². The SMILES string of the molecule is CC(CO)(CO)NCc1cc(Cl)c(OCC2(CNCCN3CCOCC3)C=CC=C(c3ccccc3)C2(C)Cl)cc1OCc1cncc(C#N)c1. The second kappa shape index (κ2) is 17.8. The molecule has 51 heavy (non-hydrogen) atoms. The van der Waals surface area contributed by atoms with Gasteiger partial charge in [-0.1, -0.05) is 60.2 Å². The monoisotopic (exact) mass is 735 g/mol. The average molecular weight is 737 g/mol. The Morgan fingerprint density at radius 1 is 1.08 bits per heavy atom. The van der Waals surface area contributed by atoms with Crippen molar-refractivity contribution in [1.82, 2.24) is 20.5 Å². The van der Waals surface area contributed by atoms with E-state index in [-0.39, 0.29) is 33.0 Å². The Balaban J connectivity index is 1.41. The Kier molecular flexibility index (Phi) is 13.5. The van der Waals surface area contributed by atoms with Crippen LogP contribution in [0.4, 0.5) is 0 Å². The van der Waals surface area contributed by atoms with E-state index in [1.165, 1.54) is 6.20 Å². The molecule has 3 aromatic rings. The van der Waals surface area contributed by atoms with Crippen LogP contribution in [0, 0.1) is 16.7 Å². The Bertz CT molecular complexity index is 1700. The number of allylic oxidation sites excluding steroid dienone is 3. The molecule has 10 nitrogen and oxygen atoms in total. The molecule has 12 heteroatoms. The molecule has 0 amide bonds. The van der Waals surface area contributed by atoms with Gasteiger partial charge >= 0.3 is 0 Å². The van der Waals surface area contributed by atoms with Gasteiger partial charge in [0.2, 0.25) is 0 Å². The molecule has 1 aliphatic heterocycles. The number of rotatable bonds is 17. The molecule has 0 saturated carbocycles. The van der Waals surface area contributed by atoms with Gasteiger partial charge in [-0.15, -0.1) is 11.6 Å². The minimum absolute atomic E-state index is 0.137. The number of alkyl halides is 1. The van der Waals surface area contributed by atoms with Crippen molar-refractivity contribution < 1.29 is 24.4 Å². The van der Waals surface area contributed by atoms with E-state index in [1.54, 1.807) is 31.3 Å². The standard InChI is InChI=1S/C39H47Cl2N5O5/c1-37(26-47,27-48)45-23-32-18-34(40)36(19-35(32)50-24-30-17-29(20-42)21-44-22-30)51-28-39(25-43-11-12-46-13-15-49-16-14-46)10-6-9-33(38(39,2)41)31-7-4-3-5-8-31/h3-10,17-19,21-22,43,45,47-48H,11-16,23-28H2,1-2H3. The van der Waals surface area contributed by atoms with Gasteiger partial charge in [0.15, 0.2) is 0 Å². The minimum atomic E-state index is -0.923. The van der Waals surface area contributed by atoms with E-state index in [0.717, 1.165) is 50.5 Å². The molecule has 4 N–H and O–H groups in total. The summed E-state index contributed by atoms with van der Waals surface area (Å²) in [6, 6.07) is 17.5. The molecule has 2 unspecified atom stereocenters. The van der Waals surface area contributed by atoms with Gasteiger partial charge < -0.3 is 35.1 Å². The van der Waals surface area contributed by atoms with Gasteiger partial charge in [-0.2, -0.15) is 5.26 Å². The molecule has 2 heterocycles. The van der Waals surface area contributed by atoms with Crippen LogP contribution in [0.1, 0.15) is 36.1 Å². The van der Waals surface area contributed by atoms with Crippen molar-refractivity contribution in [2.24, 2.45) is 5.41 Å². The van der Waals surface area contributed by atoms with Crippen LogP contribution in [0.5, 0.6) is 11.5 Å². The third-order valence-electron chi connectivity index (χ3n) is 9.67. The minimum Gasteiger partial charge on any atom is -0.491 e. The first-order chi connectivity index (χ1) is 24.6. The van der Waals surface area contributed by atoms with Crippen LogP contribution in [0.3, 0.4) is 0 Å². The molecular formula is C39H47Cl2N5O5. The number of aliphatic hydroxyl groups excluding tert-OH is 2. The maximum absolute atomic E-state index is 9.86. The highest BCUT2D eigenvalue weighted by Gasteiger charge is 2.50. The zero-order chi connectivity index (χ0) is 36.3. The molecule has 0 bridgehead atoms. The molecule has 1 fully saturated rings. The zero-order valence-corrected chi connectivity index (χ0v) is 30.7. The van der Waals surface area contributed by atoms with Crippen molar-refractivity contribution in [1.29, 1.82) is 5.26 Å². The molecular weight excluding hydrogens is 689 g/mol. The normalized spacial score (nSPS) is 20.8. The summed E-state index contributed by atoms with van der Waals surface area (Å²) >= 11 is 14.5. The van der Waals surface area contributed by atoms with E-state index in [1.807, 2.05) is 31.2 Å². The number of benzene rings is 2. The molecule has 2 aromatic carbocycles. The van der Waals surface area contributed by atoms with Crippen molar-refractivity contribution >= 4 is 28.8 Å². The number of hydrogen-bond donors (Lipinski definition) is 4. The maximum atomic E-state index is 9.86. The first-order valence-corrected chi connectivity index (χ1v) is 17.9. The van der Waals surface area contributed by atoms with E-state index in [9.17, 15) is 15.5 Å². The predicted octanol–water partition coefficient (Wildman–Crippen LogP) is 4.96. The number of aliphatic hydroxyl groups is 2. The summed E-state index contributed by atoms with van der Waals surface area (Å²) < 4.78 is 18.4. The van der Waals surface area contributed by atoms with E-state index in [2.05, 4.69) is 50.9 Å². The largest absolute Gasteiger partial charge is 0.491 e. The fraction of sp³-hybridized carbons (Fsp3) is 0.436. The molecule has 1 saturated heterocycles. The van der Waals surface area contributed by atoms with Crippen LogP contribution in [-0.4, -0.2) is 96.3 Å². The van der Waals surface area contributed by atoms with Gasteiger partial charge in [-0.3, -0.25) is 9.88 Å². The van der Waals surface area contributed by atoms with Crippen LogP contribution in [0.25, 0.3) is 5.57 Å². The lowest BCUT2D eigenvalue weighted by Crippen LogP contribution is -2.53. The summed E-state index contributed by atoms with van der Waals surface area (Å²) in [6.07, 6.45) is 9.38. The number of aromatic nitrogens is 1. The smallest absolute Gasteiger partial charge is 0.141 e. The van der Waals surface area contributed by atoms with Crippen molar-refractivity contribution in [3.05, 3.63) is 106 Å². The van der Waals surface area contributed by atoms with Crippen molar-refractivity contribution in [2.75, 3.05) is 65.8 Å². The number of nitrogens with zero attached hydrogens (tertiary/aromatic N) is 3. The predicted molar refractivity (Wildman–Crippen MR) is 200 cm³/mol. The Labute approximate surface area is 310 Å². The second-order valence-corrected chi connectivity index (χ2v) is 14.7. The lowest BCUT2D eigenvalue weighted by atomic mass is 9.68. The molecule has 0 spiro atoms. The average Bonchev–Trinajstić information content (AvgIpc) is 3.16. The summed E-state index contributed by atoms with van der Waals surface area (Å²) in [4.78, 5) is 5.68. The zero-order valence-electron chi connectivity index (χ0n) is 29.2. The third-order valence-corrected chi connectivity index (χ3v) is 10.6. The van der Waals surface area contributed by atoms with Crippen LogP contribution in [0.2, 0.25) is 5.02 Å². The summed E-state index contributed by atoms with van der Waals surface area (Å²) in [5.41, 5.74) is 2.26. The summed E-state index contributed by atoms with van der Waals surface area (Å²) in [7, 11) is 0. The lowest BCUT2D eigenvalue weighted by molar-refractivity contribution is 0.0379. The number of nitriles is 1. The number of ether oxygens (including phenoxy) is 3. The lowest BCUT2D eigenvalue weighted by Gasteiger charge is -2.46. The molecule has 5 rings (SSSR count). The molecule has 2 atom stereocenters. The Morgan fingerprint density at radius 3 is 2.57 bits per heavy atom. The number of nitrogens with one attached hydrogen (secondary N) is 2. The molecule has 272 valence electrons. The number of hydrogen-bond acceptors (Lipinski definition) is 10. The first-order valence-electron chi connectivity index (χ1n) is 17.2. The summed E-state index contributed by atoms with van der Waals surface area (Å²) in [5, 5.41) is 36.3. The van der Waals surface area contributed by atoms with E-state index in [4.69, 9.17) is 37.4 Å². The van der Waals surface area contributed by atoms with E-state index in [0.29, 0.717) is 39.8 Å². The first kappa shape index (κ1) is 38.7. The molecule has 0 radical (unpaired) electrons. The number of halogens is 2. The number of pyridine rings is 1. The topological polar surface area (TPSA) is 132 Å². The molecule has 1 aliphatic carbocycles. The molecule has 1 aromatic heterocycles. The van der Waals surface area contributed by atoms with Crippen LogP contribution in [-0.2, 0) is 17.9 Å². The fourth-order valence-electron chi connectivity index (χ4n) is 6.15. The van der Waals surface area contributed by atoms with Crippen LogP contribution >= 0.6 is 23.2 Å². The van der Waals surface area contributed by atoms with Gasteiger partial charge in [-0.25, -0.2) is 0 Å². The van der Waals surface area contributed by atoms with Crippen LogP contribution in [0.15, 0.2) is 79.2 Å². The van der Waals surface area contributed by atoms with Gasteiger partial charge in [-0.05, 0) is 37.1 Å². The van der Waals surface area contributed by atoms with Gasteiger partial charge in [0.05, 0.1) is 52.8 Å². The Hall–Kier alpha value is -3.50. The van der Waals surface area contributed by atoms with E-state index < -0.39 is 15.8 Å². The van der Waals surface area contributed by atoms with Crippen molar-refractivity contribution in [2.45, 2.75) is 37.4 Å². The number of morpholine rings is 1. The van der Waals surface area contributed by atoms with Gasteiger partial charge in [0, 0.05) is 68.9 Å². The third kappa shape index (κ3) is 9.69. The molecule has 2 aliphatic rings. The highest BCUT2D eigenvalue weighted by atomic mass is 35.5. The second-order valence-electron chi connectivity index (χ2n) is 13.5. The van der Waals surface area contributed by atoms with Gasteiger partial charge in [0.25, 0.3) is 0 Å². The fourth-order valence-corrected chi connectivity index (χ4v) is 6.75. The quantitative estimate of drug-likeness (QED) is 0.112. The highest BCUT2D eigenvalue weighted by molar-refractivity contribution is 6.32. The summed E-state index contributed by atoms with van der Waals surface area (Å²) in [6.45, 7) is 9.35. The van der Waals surface area contributed by atoms with Gasteiger partial charge in [0.1, 0.15) is 30.8 Å². The highest BCUT2D eigenvalue weighted by Crippen LogP contribution is 2.50. The van der Waals surface area contributed by atoms with Crippen molar-refractivity contribution in [3.8, 4) is 17.6 Å². The van der Waals surface area contributed by atoms with Crippen LogP contribution < -0.4 is 20.1 Å².